The first-order valence-corrected chi connectivity index (χ1v) is 5.62. The van der Waals surface area contributed by atoms with Gasteiger partial charge in [-0.2, -0.15) is 0 Å². The first kappa shape index (κ1) is 9.85. The van der Waals surface area contributed by atoms with E-state index >= 15 is 0 Å². The Hall–Kier alpha value is -0.690. The van der Waals surface area contributed by atoms with E-state index in [-0.39, 0.29) is 0 Å². The number of benzene rings is 1. The minimum atomic E-state index is 0.781. The molecule has 1 aromatic carbocycles. The Morgan fingerprint density at radius 3 is 3.00 bits per heavy atom. The van der Waals surface area contributed by atoms with Crippen LogP contribution in [0.2, 0.25) is 5.02 Å². The fourth-order valence-corrected chi connectivity index (χ4v) is 2.23. The highest BCUT2D eigenvalue weighted by Crippen LogP contribution is 2.32. The summed E-state index contributed by atoms with van der Waals surface area (Å²) >= 11 is 6.08. The number of nitrogens with one attached hydrogen (secondary N) is 1. The monoisotopic (exact) mass is 209 g/mol. The second kappa shape index (κ2) is 3.82. The van der Waals surface area contributed by atoms with Gasteiger partial charge in [-0.05, 0) is 36.5 Å². The van der Waals surface area contributed by atoms with E-state index in [1.807, 2.05) is 6.07 Å². The predicted octanol–water partition coefficient (Wildman–Crippen LogP) is 3.64. The summed E-state index contributed by atoms with van der Waals surface area (Å²) in [7, 11) is 0. The zero-order valence-corrected chi connectivity index (χ0v) is 9.49. The van der Waals surface area contributed by atoms with Crippen LogP contribution in [-0.4, -0.2) is 6.54 Å². The van der Waals surface area contributed by atoms with Gasteiger partial charge in [-0.1, -0.05) is 31.0 Å². The Balaban J connectivity index is 2.36. The quantitative estimate of drug-likeness (QED) is 0.745. The number of anilines is 1. The molecule has 76 valence electrons. The average Bonchev–Trinajstić information content (AvgIpc) is 2.23. The zero-order valence-electron chi connectivity index (χ0n) is 8.73. The maximum atomic E-state index is 6.08. The largest absolute Gasteiger partial charge is 0.384 e. The molecule has 1 atom stereocenters. The van der Waals surface area contributed by atoms with Crippen molar-refractivity contribution in [2.45, 2.75) is 26.7 Å². The van der Waals surface area contributed by atoms with Crippen molar-refractivity contribution in [2.75, 3.05) is 11.9 Å². The molecule has 0 saturated heterocycles. The molecule has 0 bridgehead atoms. The van der Waals surface area contributed by atoms with Gasteiger partial charge in [0.15, 0.2) is 0 Å². The van der Waals surface area contributed by atoms with Crippen molar-refractivity contribution in [3.05, 3.63) is 28.3 Å². The number of halogens is 1. The Bertz CT molecular complexity index is 346. The lowest BCUT2D eigenvalue weighted by Crippen LogP contribution is -2.23. The van der Waals surface area contributed by atoms with Gasteiger partial charge in [-0.25, -0.2) is 0 Å². The van der Waals surface area contributed by atoms with Crippen LogP contribution < -0.4 is 5.32 Å². The van der Waals surface area contributed by atoms with Crippen LogP contribution in [0.3, 0.4) is 0 Å². The van der Waals surface area contributed by atoms with Gasteiger partial charge in [0, 0.05) is 17.3 Å². The molecule has 0 saturated carbocycles. The lowest BCUT2D eigenvalue weighted by atomic mass is 9.90. The van der Waals surface area contributed by atoms with Crippen molar-refractivity contribution in [1.29, 1.82) is 0 Å². The lowest BCUT2D eigenvalue weighted by Gasteiger charge is -2.27. The maximum absolute atomic E-state index is 6.08. The van der Waals surface area contributed by atoms with Crippen molar-refractivity contribution in [2.24, 2.45) is 5.92 Å². The fraction of sp³-hybridized carbons (Fsp3) is 0.500. The molecular weight excluding hydrogens is 194 g/mol. The van der Waals surface area contributed by atoms with E-state index in [2.05, 4.69) is 25.2 Å². The van der Waals surface area contributed by atoms with E-state index in [0.29, 0.717) is 0 Å². The van der Waals surface area contributed by atoms with Crippen LogP contribution in [0.15, 0.2) is 12.1 Å². The smallest absolute Gasteiger partial charge is 0.0455 e. The SMILES string of the molecule is CCC1CNc2c(ccc(Cl)c2C)C1. The molecular formula is C12H16ClN. The van der Waals surface area contributed by atoms with E-state index in [9.17, 15) is 0 Å². The van der Waals surface area contributed by atoms with Crippen molar-refractivity contribution >= 4 is 17.3 Å². The standard InChI is InChI=1S/C12H16ClN/c1-3-9-6-10-4-5-11(13)8(2)12(10)14-7-9/h4-5,9,14H,3,6-7H2,1-2H3. The summed E-state index contributed by atoms with van der Waals surface area (Å²) in [5.41, 5.74) is 3.88. The molecule has 1 aromatic rings. The number of hydrogen-bond acceptors (Lipinski definition) is 1. The summed E-state index contributed by atoms with van der Waals surface area (Å²) in [6.07, 6.45) is 2.44. The highest BCUT2D eigenvalue weighted by Gasteiger charge is 2.18. The van der Waals surface area contributed by atoms with Crippen LogP contribution >= 0.6 is 11.6 Å². The van der Waals surface area contributed by atoms with E-state index in [1.54, 1.807) is 0 Å². The topological polar surface area (TPSA) is 12.0 Å². The number of rotatable bonds is 1. The number of fused-ring (bicyclic) bond motifs is 1. The molecule has 1 aliphatic heterocycles. The second-order valence-corrected chi connectivity index (χ2v) is 4.47. The van der Waals surface area contributed by atoms with Gasteiger partial charge < -0.3 is 5.32 Å². The van der Waals surface area contributed by atoms with Gasteiger partial charge >= 0.3 is 0 Å². The van der Waals surface area contributed by atoms with E-state index < -0.39 is 0 Å². The molecule has 1 N–H and O–H groups in total. The normalized spacial score (nSPS) is 20.1. The Morgan fingerprint density at radius 1 is 1.50 bits per heavy atom. The van der Waals surface area contributed by atoms with Crippen LogP contribution in [0.1, 0.15) is 24.5 Å². The molecule has 1 heterocycles. The molecule has 0 aromatic heterocycles. The van der Waals surface area contributed by atoms with E-state index in [0.717, 1.165) is 17.5 Å². The lowest BCUT2D eigenvalue weighted by molar-refractivity contribution is 0.520. The predicted molar refractivity (Wildman–Crippen MR) is 62.2 cm³/mol. The van der Waals surface area contributed by atoms with Crippen molar-refractivity contribution in [3.8, 4) is 0 Å². The Labute approximate surface area is 90.5 Å². The van der Waals surface area contributed by atoms with Crippen LogP contribution in [0.4, 0.5) is 5.69 Å². The summed E-state index contributed by atoms with van der Waals surface area (Å²) in [6.45, 7) is 5.42. The molecule has 1 aliphatic rings. The molecule has 0 fully saturated rings. The van der Waals surface area contributed by atoms with E-state index in [1.165, 1.54) is 29.7 Å². The summed E-state index contributed by atoms with van der Waals surface area (Å²) in [6, 6.07) is 4.16. The summed E-state index contributed by atoms with van der Waals surface area (Å²) in [5, 5.41) is 4.36. The third kappa shape index (κ3) is 1.61. The summed E-state index contributed by atoms with van der Waals surface area (Å²) in [4.78, 5) is 0. The molecule has 1 nitrogen and oxygen atoms in total. The Morgan fingerprint density at radius 2 is 2.29 bits per heavy atom. The van der Waals surface area contributed by atoms with Gasteiger partial charge in [0.05, 0.1) is 0 Å². The van der Waals surface area contributed by atoms with Crippen LogP contribution in [0, 0.1) is 12.8 Å². The minimum absolute atomic E-state index is 0.781. The minimum Gasteiger partial charge on any atom is -0.384 e. The van der Waals surface area contributed by atoms with Gasteiger partial charge in [-0.15, -0.1) is 0 Å². The highest BCUT2D eigenvalue weighted by atomic mass is 35.5. The van der Waals surface area contributed by atoms with Gasteiger partial charge in [0.2, 0.25) is 0 Å². The first-order valence-electron chi connectivity index (χ1n) is 5.24. The van der Waals surface area contributed by atoms with Crippen LogP contribution in [0.5, 0.6) is 0 Å². The second-order valence-electron chi connectivity index (χ2n) is 4.07. The highest BCUT2D eigenvalue weighted by molar-refractivity contribution is 6.31. The summed E-state index contributed by atoms with van der Waals surface area (Å²) < 4.78 is 0. The molecule has 2 rings (SSSR count). The van der Waals surface area contributed by atoms with Crippen molar-refractivity contribution in [1.82, 2.24) is 0 Å². The van der Waals surface area contributed by atoms with Gasteiger partial charge in [-0.3, -0.25) is 0 Å². The zero-order chi connectivity index (χ0) is 10.1. The molecule has 0 radical (unpaired) electrons. The van der Waals surface area contributed by atoms with E-state index in [4.69, 9.17) is 11.6 Å². The Kier molecular flexibility index (Phi) is 2.69. The van der Waals surface area contributed by atoms with Gasteiger partial charge in [0.25, 0.3) is 0 Å². The molecule has 14 heavy (non-hydrogen) atoms. The molecule has 0 spiro atoms. The summed E-state index contributed by atoms with van der Waals surface area (Å²) in [5.74, 6) is 0.781. The van der Waals surface area contributed by atoms with Crippen LogP contribution in [0.25, 0.3) is 0 Å². The molecule has 0 amide bonds. The first-order chi connectivity index (χ1) is 6.72. The fourth-order valence-electron chi connectivity index (χ4n) is 2.08. The third-order valence-corrected chi connectivity index (χ3v) is 3.55. The average molecular weight is 210 g/mol. The molecule has 0 aliphatic carbocycles. The maximum Gasteiger partial charge on any atom is 0.0455 e. The molecule has 2 heteroatoms. The number of hydrogen-bond donors (Lipinski definition) is 1. The van der Waals surface area contributed by atoms with Crippen LogP contribution in [-0.2, 0) is 6.42 Å². The molecule has 1 unspecified atom stereocenters. The van der Waals surface area contributed by atoms with Crippen molar-refractivity contribution in [3.63, 3.8) is 0 Å². The van der Waals surface area contributed by atoms with Gasteiger partial charge in [0.1, 0.15) is 0 Å². The third-order valence-electron chi connectivity index (χ3n) is 3.14. The van der Waals surface area contributed by atoms with Crippen molar-refractivity contribution < 1.29 is 0 Å².